The number of rotatable bonds is 2. The maximum Gasteiger partial charge on any atom is 0.259 e. The molecule has 0 radical (unpaired) electrons. The number of para-hydroxylation sites is 1. The lowest BCUT2D eigenvalue weighted by molar-refractivity contribution is -0.0124. The number of amides is 1. The van der Waals surface area contributed by atoms with Gasteiger partial charge in [-0.2, -0.15) is 5.10 Å². The minimum absolute atomic E-state index is 0.0425. The van der Waals surface area contributed by atoms with Crippen LogP contribution >= 0.6 is 11.6 Å². The minimum Gasteiger partial charge on any atom is -0.375 e. The predicted octanol–water partition coefficient (Wildman–Crippen LogP) is 2.70. The number of nitrogens with zero attached hydrogens (tertiary/aromatic N) is 3. The van der Waals surface area contributed by atoms with Crippen LogP contribution in [0.15, 0.2) is 30.3 Å². The van der Waals surface area contributed by atoms with Crippen LogP contribution in [-0.2, 0) is 4.74 Å². The van der Waals surface area contributed by atoms with E-state index in [2.05, 4.69) is 5.10 Å². The third kappa shape index (κ3) is 2.74. The van der Waals surface area contributed by atoms with Crippen LogP contribution in [0.1, 0.15) is 23.0 Å². The Balaban J connectivity index is 1.94. The molecule has 1 amide bonds. The van der Waals surface area contributed by atoms with Crippen LogP contribution in [0.3, 0.4) is 0 Å². The highest BCUT2D eigenvalue weighted by molar-refractivity contribution is 6.33. The first-order valence-corrected chi connectivity index (χ1v) is 7.67. The van der Waals surface area contributed by atoms with E-state index in [1.54, 1.807) is 9.58 Å². The third-order valence-corrected chi connectivity index (χ3v) is 4.10. The second-order valence-corrected chi connectivity index (χ2v) is 5.79. The van der Waals surface area contributed by atoms with Gasteiger partial charge in [0.2, 0.25) is 0 Å². The van der Waals surface area contributed by atoms with Gasteiger partial charge in [0.15, 0.2) is 0 Å². The molecule has 116 valence electrons. The summed E-state index contributed by atoms with van der Waals surface area (Å²) in [5, 5.41) is 4.78. The van der Waals surface area contributed by atoms with Crippen molar-refractivity contribution in [3.63, 3.8) is 0 Å². The van der Waals surface area contributed by atoms with Crippen LogP contribution in [0.4, 0.5) is 0 Å². The highest BCUT2D eigenvalue weighted by atomic mass is 35.5. The molecule has 6 heteroatoms. The number of morpholine rings is 1. The van der Waals surface area contributed by atoms with Gasteiger partial charge in [-0.15, -0.1) is 0 Å². The SMILES string of the molecule is Cc1nn(-c2ccccc2)c(Cl)c1C(=O)N1CCO[C@H](C)C1. The van der Waals surface area contributed by atoms with E-state index in [4.69, 9.17) is 16.3 Å². The van der Waals surface area contributed by atoms with Crippen molar-refractivity contribution >= 4 is 17.5 Å². The number of aromatic nitrogens is 2. The number of ether oxygens (including phenoxy) is 1. The maximum atomic E-state index is 12.8. The molecule has 22 heavy (non-hydrogen) atoms. The fraction of sp³-hybridized carbons (Fsp3) is 0.375. The monoisotopic (exact) mass is 319 g/mol. The molecule has 1 saturated heterocycles. The summed E-state index contributed by atoms with van der Waals surface area (Å²) in [5.41, 5.74) is 1.95. The van der Waals surface area contributed by atoms with Crippen LogP contribution < -0.4 is 0 Å². The van der Waals surface area contributed by atoms with E-state index in [9.17, 15) is 4.79 Å². The summed E-state index contributed by atoms with van der Waals surface area (Å²) in [6.07, 6.45) is 0.0425. The minimum atomic E-state index is -0.0835. The molecule has 1 atom stereocenters. The van der Waals surface area contributed by atoms with Crippen molar-refractivity contribution in [2.45, 2.75) is 20.0 Å². The van der Waals surface area contributed by atoms with Gasteiger partial charge in [-0.3, -0.25) is 4.79 Å². The highest BCUT2D eigenvalue weighted by Gasteiger charge is 2.28. The Kier molecular flexibility index (Phi) is 4.18. The van der Waals surface area contributed by atoms with E-state index < -0.39 is 0 Å². The van der Waals surface area contributed by atoms with Crippen molar-refractivity contribution in [1.29, 1.82) is 0 Å². The molecule has 0 saturated carbocycles. The van der Waals surface area contributed by atoms with Crippen LogP contribution in [0, 0.1) is 6.92 Å². The first kappa shape index (κ1) is 15.1. The standard InChI is InChI=1S/C16H18ClN3O2/c1-11-10-19(8-9-22-11)16(21)14-12(2)18-20(15(14)17)13-6-4-3-5-7-13/h3-7,11H,8-10H2,1-2H3/t11-/m1/s1. The van der Waals surface area contributed by atoms with Crippen molar-refractivity contribution < 1.29 is 9.53 Å². The van der Waals surface area contributed by atoms with Gasteiger partial charge >= 0.3 is 0 Å². The van der Waals surface area contributed by atoms with E-state index in [1.807, 2.05) is 44.2 Å². The first-order chi connectivity index (χ1) is 10.6. The lowest BCUT2D eigenvalue weighted by Crippen LogP contribution is -2.44. The molecule has 1 fully saturated rings. The van der Waals surface area contributed by atoms with Gasteiger partial charge in [-0.1, -0.05) is 29.8 Å². The van der Waals surface area contributed by atoms with Gasteiger partial charge in [0.25, 0.3) is 5.91 Å². The van der Waals surface area contributed by atoms with E-state index in [1.165, 1.54) is 0 Å². The fourth-order valence-corrected chi connectivity index (χ4v) is 3.00. The van der Waals surface area contributed by atoms with Gasteiger partial charge in [-0.25, -0.2) is 4.68 Å². The molecule has 0 aliphatic carbocycles. The molecule has 1 aromatic carbocycles. The second kappa shape index (κ2) is 6.10. The van der Waals surface area contributed by atoms with Crippen molar-refractivity contribution in [3.05, 3.63) is 46.7 Å². The summed E-state index contributed by atoms with van der Waals surface area (Å²) in [4.78, 5) is 14.5. The zero-order chi connectivity index (χ0) is 15.7. The number of carbonyl (C=O) groups is 1. The summed E-state index contributed by atoms with van der Waals surface area (Å²) >= 11 is 6.44. The molecular weight excluding hydrogens is 302 g/mol. The zero-order valence-corrected chi connectivity index (χ0v) is 13.4. The predicted molar refractivity (Wildman–Crippen MR) is 84.6 cm³/mol. The van der Waals surface area contributed by atoms with Gasteiger partial charge in [0.1, 0.15) is 5.15 Å². The van der Waals surface area contributed by atoms with E-state index in [-0.39, 0.29) is 12.0 Å². The Morgan fingerprint density at radius 3 is 2.77 bits per heavy atom. The van der Waals surface area contributed by atoms with Crippen molar-refractivity contribution in [2.24, 2.45) is 0 Å². The van der Waals surface area contributed by atoms with Gasteiger partial charge in [-0.05, 0) is 26.0 Å². The smallest absolute Gasteiger partial charge is 0.259 e. The Morgan fingerprint density at radius 2 is 2.09 bits per heavy atom. The van der Waals surface area contributed by atoms with Crippen molar-refractivity contribution in [2.75, 3.05) is 19.7 Å². The Morgan fingerprint density at radius 1 is 1.36 bits per heavy atom. The molecule has 0 unspecified atom stereocenters. The molecule has 1 aliphatic heterocycles. The van der Waals surface area contributed by atoms with Crippen molar-refractivity contribution in [1.82, 2.24) is 14.7 Å². The van der Waals surface area contributed by atoms with Crippen LogP contribution in [0.2, 0.25) is 5.15 Å². The number of hydrogen-bond acceptors (Lipinski definition) is 3. The van der Waals surface area contributed by atoms with Gasteiger partial charge in [0.05, 0.1) is 29.7 Å². The normalized spacial score (nSPS) is 18.5. The molecule has 0 N–H and O–H groups in total. The molecule has 5 nitrogen and oxygen atoms in total. The molecular formula is C16H18ClN3O2. The lowest BCUT2D eigenvalue weighted by atomic mass is 10.2. The molecule has 1 aromatic heterocycles. The molecule has 3 rings (SSSR count). The van der Waals surface area contributed by atoms with E-state index in [0.29, 0.717) is 36.1 Å². The average Bonchev–Trinajstić information content (AvgIpc) is 2.82. The fourth-order valence-electron chi connectivity index (χ4n) is 2.64. The second-order valence-electron chi connectivity index (χ2n) is 5.43. The summed E-state index contributed by atoms with van der Waals surface area (Å²) in [7, 11) is 0. The first-order valence-electron chi connectivity index (χ1n) is 7.29. The number of halogens is 1. The summed E-state index contributed by atoms with van der Waals surface area (Å²) in [6, 6.07) is 9.56. The third-order valence-electron chi connectivity index (χ3n) is 3.75. The summed E-state index contributed by atoms with van der Waals surface area (Å²) in [6.45, 7) is 5.47. The van der Waals surface area contributed by atoms with Gasteiger partial charge in [0, 0.05) is 13.1 Å². The largest absolute Gasteiger partial charge is 0.375 e. The molecule has 1 aliphatic rings. The van der Waals surface area contributed by atoms with Gasteiger partial charge < -0.3 is 9.64 Å². The quantitative estimate of drug-likeness (QED) is 0.855. The van der Waals surface area contributed by atoms with Crippen LogP contribution in [-0.4, -0.2) is 46.4 Å². The number of carbonyl (C=O) groups excluding carboxylic acids is 1. The molecule has 2 heterocycles. The Labute approximate surface area is 134 Å². The molecule has 2 aromatic rings. The number of aryl methyl sites for hydroxylation is 1. The van der Waals surface area contributed by atoms with E-state index >= 15 is 0 Å². The van der Waals surface area contributed by atoms with Crippen molar-refractivity contribution in [3.8, 4) is 5.69 Å². The average molecular weight is 320 g/mol. The lowest BCUT2D eigenvalue weighted by Gasteiger charge is -2.31. The molecule has 0 spiro atoms. The van der Waals surface area contributed by atoms with E-state index in [0.717, 1.165) is 5.69 Å². The topological polar surface area (TPSA) is 47.4 Å². The molecule has 0 bridgehead atoms. The van der Waals surface area contributed by atoms with Crippen LogP contribution in [0.5, 0.6) is 0 Å². The number of hydrogen-bond donors (Lipinski definition) is 0. The Bertz CT molecular complexity index is 684. The highest BCUT2D eigenvalue weighted by Crippen LogP contribution is 2.25. The number of benzene rings is 1. The summed E-state index contributed by atoms with van der Waals surface area (Å²) < 4.78 is 7.09. The Hall–Kier alpha value is -1.85. The zero-order valence-electron chi connectivity index (χ0n) is 12.6. The maximum absolute atomic E-state index is 12.8. The summed E-state index contributed by atoms with van der Waals surface area (Å²) in [5.74, 6) is -0.0835. The van der Waals surface area contributed by atoms with Crippen LogP contribution in [0.25, 0.3) is 5.69 Å².